The van der Waals surface area contributed by atoms with Crippen molar-refractivity contribution in [3.63, 3.8) is 0 Å². The van der Waals surface area contributed by atoms with E-state index in [1.165, 1.54) is 0 Å². The summed E-state index contributed by atoms with van der Waals surface area (Å²) in [5, 5.41) is 9.63. The van der Waals surface area contributed by atoms with Gasteiger partial charge in [0.2, 0.25) is 11.8 Å². The van der Waals surface area contributed by atoms with Crippen LogP contribution in [0.25, 0.3) is 0 Å². The average Bonchev–Trinajstić information content (AvgIpc) is 2.92. The van der Waals surface area contributed by atoms with Gasteiger partial charge in [-0.3, -0.25) is 9.59 Å². The van der Waals surface area contributed by atoms with E-state index >= 15 is 0 Å². The molecular formula is C18H22ClN3O2. The molecule has 1 aromatic carbocycles. The summed E-state index contributed by atoms with van der Waals surface area (Å²) in [4.78, 5) is 23.8. The number of amides is 2. The highest BCUT2D eigenvalue weighted by atomic mass is 35.5. The number of hydrogen-bond acceptors (Lipinski definition) is 3. The summed E-state index contributed by atoms with van der Waals surface area (Å²) in [5.74, 6) is 0.639. The predicted molar refractivity (Wildman–Crippen MR) is 94.3 cm³/mol. The van der Waals surface area contributed by atoms with E-state index in [1.54, 1.807) is 0 Å². The Labute approximate surface area is 146 Å². The molecule has 2 fully saturated rings. The second-order valence-electron chi connectivity index (χ2n) is 7.20. The van der Waals surface area contributed by atoms with Crippen molar-refractivity contribution in [1.82, 2.24) is 5.32 Å². The molecule has 3 aliphatic rings. The SMILES string of the molecule is O=C1Cc2ccc(NCC3CC4CC(Cl)CCC4NC3=O)cc2N1. The highest BCUT2D eigenvalue weighted by Gasteiger charge is 2.38. The molecule has 0 aromatic heterocycles. The number of anilines is 2. The molecule has 5 nitrogen and oxygen atoms in total. The first-order chi connectivity index (χ1) is 11.6. The zero-order chi connectivity index (χ0) is 16.7. The molecule has 4 unspecified atom stereocenters. The molecule has 2 aliphatic heterocycles. The van der Waals surface area contributed by atoms with Crippen LogP contribution in [-0.2, 0) is 16.0 Å². The van der Waals surface area contributed by atoms with Crippen LogP contribution < -0.4 is 16.0 Å². The summed E-state index contributed by atoms with van der Waals surface area (Å²) in [6.45, 7) is 0.606. The highest BCUT2D eigenvalue weighted by Crippen LogP contribution is 2.35. The molecule has 4 rings (SSSR count). The van der Waals surface area contributed by atoms with E-state index in [0.29, 0.717) is 24.9 Å². The van der Waals surface area contributed by atoms with Crippen LogP contribution >= 0.6 is 11.6 Å². The van der Waals surface area contributed by atoms with Crippen LogP contribution in [0.3, 0.4) is 0 Å². The molecule has 1 aromatic rings. The van der Waals surface area contributed by atoms with Crippen molar-refractivity contribution >= 4 is 34.8 Å². The first-order valence-corrected chi connectivity index (χ1v) is 9.13. The molecule has 0 radical (unpaired) electrons. The normalized spacial score (nSPS) is 31.7. The maximum absolute atomic E-state index is 12.3. The van der Waals surface area contributed by atoms with E-state index < -0.39 is 0 Å². The lowest BCUT2D eigenvalue weighted by molar-refractivity contribution is -0.129. The van der Waals surface area contributed by atoms with Crippen molar-refractivity contribution < 1.29 is 9.59 Å². The average molecular weight is 348 g/mol. The minimum atomic E-state index is -0.0314. The number of fused-ring (bicyclic) bond motifs is 2. The monoisotopic (exact) mass is 347 g/mol. The maximum atomic E-state index is 12.3. The van der Waals surface area contributed by atoms with Crippen LogP contribution in [0, 0.1) is 11.8 Å². The van der Waals surface area contributed by atoms with E-state index in [9.17, 15) is 9.59 Å². The van der Waals surface area contributed by atoms with Crippen LogP contribution in [0.15, 0.2) is 18.2 Å². The number of carbonyl (C=O) groups excluding carboxylic acids is 2. The third-order valence-electron chi connectivity index (χ3n) is 5.49. The summed E-state index contributed by atoms with van der Waals surface area (Å²) in [5.41, 5.74) is 2.83. The molecule has 6 heteroatoms. The Morgan fingerprint density at radius 2 is 2.08 bits per heavy atom. The summed E-state index contributed by atoms with van der Waals surface area (Å²) >= 11 is 6.30. The topological polar surface area (TPSA) is 70.2 Å². The fourth-order valence-corrected chi connectivity index (χ4v) is 4.53. The van der Waals surface area contributed by atoms with Gasteiger partial charge in [-0.15, -0.1) is 11.6 Å². The van der Waals surface area contributed by atoms with Crippen LogP contribution in [-0.4, -0.2) is 29.8 Å². The quantitative estimate of drug-likeness (QED) is 0.736. The first kappa shape index (κ1) is 15.8. The Morgan fingerprint density at radius 1 is 1.21 bits per heavy atom. The Hall–Kier alpha value is -1.75. The lowest BCUT2D eigenvalue weighted by atomic mass is 9.75. The lowest BCUT2D eigenvalue weighted by Crippen LogP contribution is -2.53. The van der Waals surface area contributed by atoms with Crippen molar-refractivity contribution in [1.29, 1.82) is 0 Å². The summed E-state index contributed by atoms with van der Waals surface area (Å²) in [6.07, 6.45) is 4.33. The number of benzene rings is 1. The van der Waals surface area contributed by atoms with Crippen molar-refractivity contribution in [2.75, 3.05) is 17.2 Å². The standard InChI is InChI=1S/C18H22ClN3O2/c19-13-2-4-15-11(6-13)5-12(18(24)22-15)9-20-14-3-1-10-7-17(23)21-16(10)8-14/h1,3,8,11-13,15,20H,2,4-7,9H2,(H,21,23)(H,22,24). The minimum Gasteiger partial charge on any atom is -0.384 e. The van der Waals surface area contributed by atoms with E-state index in [-0.39, 0.29) is 23.1 Å². The first-order valence-electron chi connectivity index (χ1n) is 8.69. The summed E-state index contributed by atoms with van der Waals surface area (Å²) in [7, 11) is 0. The van der Waals surface area contributed by atoms with Gasteiger partial charge in [0.15, 0.2) is 0 Å². The zero-order valence-corrected chi connectivity index (χ0v) is 14.2. The molecule has 1 aliphatic carbocycles. The van der Waals surface area contributed by atoms with Crippen LogP contribution in [0.5, 0.6) is 0 Å². The third kappa shape index (κ3) is 3.09. The molecule has 0 bridgehead atoms. The van der Waals surface area contributed by atoms with Gasteiger partial charge in [0.1, 0.15) is 0 Å². The van der Waals surface area contributed by atoms with Gasteiger partial charge in [0, 0.05) is 29.3 Å². The molecule has 3 N–H and O–H groups in total. The Bertz CT molecular complexity index is 678. The molecule has 4 atom stereocenters. The molecule has 0 spiro atoms. The van der Waals surface area contributed by atoms with Crippen LogP contribution in [0.4, 0.5) is 11.4 Å². The van der Waals surface area contributed by atoms with Crippen molar-refractivity contribution in [3.8, 4) is 0 Å². The predicted octanol–water partition coefficient (Wildman–Crippen LogP) is 2.51. The third-order valence-corrected chi connectivity index (χ3v) is 5.89. The molecule has 1 saturated heterocycles. The van der Waals surface area contributed by atoms with Crippen molar-refractivity contribution in [2.24, 2.45) is 11.8 Å². The van der Waals surface area contributed by atoms with Gasteiger partial charge in [-0.2, -0.15) is 0 Å². The smallest absolute Gasteiger partial charge is 0.228 e. The largest absolute Gasteiger partial charge is 0.384 e. The molecule has 2 heterocycles. The van der Waals surface area contributed by atoms with Crippen LogP contribution in [0.2, 0.25) is 0 Å². The summed E-state index contributed by atoms with van der Waals surface area (Å²) < 4.78 is 0. The Morgan fingerprint density at radius 3 is 2.96 bits per heavy atom. The summed E-state index contributed by atoms with van der Waals surface area (Å²) in [6, 6.07) is 6.18. The van der Waals surface area contributed by atoms with Gasteiger partial charge in [-0.1, -0.05) is 6.07 Å². The fourth-order valence-electron chi connectivity index (χ4n) is 4.17. The number of halogens is 1. The molecule has 1 saturated carbocycles. The molecular weight excluding hydrogens is 326 g/mol. The van der Waals surface area contributed by atoms with E-state index in [4.69, 9.17) is 11.6 Å². The highest BCUT2D eigenvalue weighted by molar-refractivity contribution is 6.20. The van der Waals surface area contributed by atoms with E-state index in [2.05, 4.69) is 16.0 Å². The van der Waals surface area contributed by atoms with Crippen LogP contribution in [0.1, 0.15) is 31.2 Å². The number of nitrogens with one attached hydrogen (secondary N) is 3. The number of carbonyl (C=O) groups is 2. The molecule has 24 heavy (non-hydrogen) atoms. The minimum absolute atomic E-state index is 0.0314. The van der Waals surface area contributed by atoms with Gasteiger partial charge in [0.05, 0.1) is 12.3 Å². The second kappa shape index (κ2) is 6.28. The number of rotatable bonds is 3. The molecule has 2 amide bonds. The van der Waals surface area contributed by atoms with E-state index in [0.717, 1.165) is 42.6 Å². The fraction of sp³-hybridized carbons (Fsp3) is 0.556. The number of hydrogen-bond donors (Lipinski definition) is 3. The number of piperidine rings is 1. The van der Waals surface area contributed by atoms with E-state index in [1.807, 2.05) is 18.2 Å². The van der Waals surface area contributed by atoms with Gasteiger partial charge in [-0.05, 0) is 49.3 Å². The van der Waals surface area contributed by atoms with Gasteiger partial charge >= 0.3 is 0 Å². The molecule has 128 valence electrons. The van der Waals surface area contributed by atoms with Gasteiger partial charge in [-0.25, -0.2) is 0 Å². The van der Waals surface area contributed by atoms with Crippen molar-refractivity contribution in [2.45, 2.75) is 43.5 Å². The van der Waals surface area contributed by atoms with Crippen molar-refractivity contribution in [3.05, 3.63) is 23.8 Å². The lowest BCUT2D eigenvalue weighted by Gasteiger charge is -2.41. The Balaban J connectivity index is 1.38. The van der Waals surface area contributed by atoms with Gasteiger partial charge < -0.3 is 16.0 Å². The second-order valence-corrected chi connectivity index (χ2v) is 7.81. The maximum Gasteiger partial charge on any atom is 0.228 e. The zero-order valence-electron chi connectivity index (χ0n) is 13.5. The van der Waals surface area contributed by atoms with Gasteiger partial charge in [0.25, 0.3) is 0 Å². The number of alkyl halides is 1. The Kier molecular flexibility index (Phi) is 4.12.